The minimum Gasteiger partial charge on any atom is -0.359 e. The zero-order valence-corrected chi connectivity index (χ0v) is 14.9. The van der Waals surface area contributed by atoms with Gasteiger partial charge in [-0.05, 0) is 25.7 Å². The fourth-order valence-electron chi connectivity index (χ4n) is 2.56. The Morgan fingerprint density at radius 1 is 1.29 bits per heavy atom. The van der Waals surface area contributed by atoms with Crippen LogP contribution in [0.25, 0.3) is 0 Å². The quantitative estimate of drug-likeness (QED) is 0.363. The highest BCUT2D eigenvalue weighted by atomic mass is 16.5. The van der Waals surface area contributed by atoms with E-state index in [1.54, 1.807) is 7.05 Å². The van der Waals surface area contributed by atoms with Crippen molar-refractivity contribution in [2.75, 3.05) is 20.1 Å². The number of aromatic nitrogens is 1. The van der Waals surface area contributed by atoms with Crippen molar-refractivity contribution in [1.29, 1.82) is 0 Å². The van der Waals surface area contributed by atoms with Gasteiger partial charge in [-0.15, -0.1) is 0 Å². The molecule has 1 aromatic heterocycles. The van der Waals surface area contributed by atoms with Crippen molar-refractivity contribution in [3.63, 3.8) is 0 Å². The Bertz CT molecular complexity index is 547. The summed E-state index contributed by atoms with van der Waals surface area (Å²) in [6, 6.07) is 2.01. The molecule has 2 rings (SSSR count). The minimum atomic E-state index is 0.162. The molecular weight excluding hydrogens is 306 g/mol. The maximum atomic E-state index is 11.5. The van der Waals surface area contributed by atoms with E-state index in [1.165, 1.54) is 0 Å². The molecule has 1 amide bonds. The largest absolute Gasteiger partial charge is 0.359 e. The van der Waals surface area contributed by atoms with Crippen molar-refractivity contribution >= 4 is 11.9 Å². The highest BCUT2D eigenvalue weighted by molar-refractivity contribution is 5.81. The summed E-state index contributed by atoms with van der Waals surface area (Å²) in [6.45, 7) is 6.08. The fourth-order valence-corrected chi connectivity index (χ4v) is 2.56. The lowest BCUT2D eigenvalue weighted by Gasteiger charge is -2.11. The summed E-state index contributed by atoms with van der Waals surface area (Å²) < 4.78 is 5.38. The molecule has 3 N–H and O–H groups in total. The summed E-state index contributed by atoms with van der Waals surface area (Å²) in [4.78, 5) is 15.7. The lowest BCUT2D eigenvalue weighted by molar-refractivity contribution is -0.122. The maximum Gasteiger partial charge on any atom is 0.223 e. The second-order valence-electron chi connectivity index (χ2n) is 6.15. The van der Waals surface area contributed by atoms with Crippen LogP contribution in [0.15, 0.2) is 15.6 Å². The standard InChI is InChI=1S/C17H29N5O2/c1-4-12(5-2)15-10-14(24-22-15)11-21-17(18-3)20-9-8-19-16(23)13-6-7-13/h10,12-13H,4-9,11H2,1-3H3,(H,19,23)(H2,18,20,21). The minimum absolute atomic E-state index is 0.162. The normalized spacial score (nSPS) is 14.8. The first kappa shape index (κ1) is 18.3. The van der Waals surface area contributed by atoms with Gasteiger partial charge in [0, 0.05) is 38.0 Å². The molecule has 0 aromatic carbocycles. The molecule has 1 saturated carbocycles. The highest BCUT2D eigenvalue weighted by Crippen LogP contribution is 2.28. The molecule has 7 nitrogen and oxygen atoms in total. The molecule has 1 fully saturated rings. The number of carbonyl (C=O) groups excluding carboxylic acids is 1. The first-order valence-electron chi connectivity index (χ1n) is 8.85. The average Bonchev–Trinajstić information content (AvgIpc) is 3.35. The van der Waals surface area contributed by atoms with Gasteiger partial charge in [-0.3, -0.25) is 9.79 Å². The summed E-state index contributed by atoms with van der Waals surface area (Å²) in [6.07, 6.45) is 4.18. The zero-order chi connectivity index (χ0) is 17.4. The van der Waals surface area contributed by atoms with Crippen LogP contribution in [-0.4, -0.2) is 37.2 Å². The molecule has 0 atom stereocenters. The van der Waals surface area contributed by atoms with Crippen molar-refractivity contribution < 1.29 is 9.32 Å². The molecule has 24 heavy (non-hydrogen) atoms. The second kappa shape index (κ2) is 9.30. The van der Waals surface area contributed by atoms with Crippen molar-refractivity contribution in [2.24, 2.45) is 10.9 Å². The van der Waals surface area contributed by atoms with Crippen molar-refractivity contribution in [1.82, 2.24) is 21.1 Å². The molecule has 134 valence electrons. The van der Waals surface area contributed by atoms with E-state index in [0.717, 1.165) is 37.1 Å². The summed E-state index contributed by atoms with van der Waals surface area (Å²) in [5.41, 5.74) is 1.02. The summed E-state index contributed by atoms with van der Waals surface area (Å²) in [5.74, 6) is 2.33. The maximum absolute atomic E-state index is 11.5. The fraction of sp³-hybridized carbons (Fsp3) is 0.706. The number of carbonyl (C=O) groups is 1. The molecule has 1 aromatic rings. The Kier molecular flexibility index (Phi) is 7.08. The van der Waals surface area contributed by atoms with Crippen LogP contribution < -0.4 is 16.0 Å². The van der Waals surface area contributed by atoms with Gasteiger partial charge in [0.05, 0.1) is 12.2 Å². The summed E-state index contributed by atoms with van der Waals surface area (Å²) >= 11 is 0. The SMILES string of the molecule is CCC(CC)c1cc(CNC(=NC)NCCNC(=O)C2CC2)on1. The van der Waals surface area contributed by atoms with Gasteiger partial charge >= 0.3 is 0 Å². The van der Waals surface area contributed by atoms with E-state index >= 15 is 0 Å². The molecule has 0 spiro atoms. The zero-order valence-electron chi connectivity index (χ0n) is 14.9. The number of hydrogen-bond acceptors (Lipinski definition) is 4. The Balaban J connectivity index is 1.68. The van der Waals surface area contributed by atoms with Crippen molar-refractivity contribution in [3.05, 3.63) is 17.5 Å². The van der Waals surface area contributed by atoms with Gasteiger partial charge in [-0.1, -0.05) is 19.0 Å². The molecule has 0 radical (unpaired) electrons. The van der Waals surface area contributed by atoms with Gasteiger partial charge in [0.15, 0.2) is 11.7 Å². The van der Waals surface area contributed by atoms with E-state index in [4.69, 9.17) is 4.52 Å². The van der Waals surface area contributed by atoms with Crippen LogP contribution in [0.1, 0.15) is 56.9 Å². The van der Waals surface area contributed by atoms with Crippen LogP contribution in [0.2, 0.25) is 0 Å². The van der Waals surface area contributed by atoms with Gasteiger partial charge in [-0.2, -0.15) is 0 Å². The van der Waals surface area contributed by atoms with Gasteiger partial charge in [0.25, 0.3) is 0 Å². The lowest BCUT2D eigenvalue weighted by atomic mass is 9.99. The van der Waals surface area contributed by atoms with Crippen LogP contribution in [-0.2, 0) is 11.3 Å². The van der Waals surface area contributed by atoms with Crippen molar-refractivity contribution in [2.45, 2.75) is 52.0 Å². The topological polar surface area (TPSA) is 91.6 Å². The first-order valence-corrected chi connectivity index (χ1v) is 8.85. The number of amides is 1. The Morgan fingerprint density at radius 3 is 2.62 bits per heavy atom. The molecule has 0 aliphatic heterocycles. The number of aliphatic imine (C=N–C) groups is 1. The third kappa shape index (κ3) is 5.54. The lowest BCUT2D eigenvalue weighted by Crippen LogP contribution is -2.41. The smallest absolute Gasteiger partial charge is 0.223 e. The third-order valence-electron chi connectivity index (χ3n) is 4.30. The van der Waals surface area contributed by atoms with Crippen LogP contribution in [0.3, 0.4) is 0 Å². The second-order valence-corrected chi connectivity index (χ2v) is 6.15. The Labute approximate surface area is 143 Å². The van der Waals surface area contributed by atoms with E-state index in [-0.39, 0.29) is 11.8 Å². The molecule has 7 heteroatoms. The predicted octanol–water partition coefficient (Wildman–Crippen LogP) is 1.77. The molecule has 1 aliphatic rings. The highest BCUT2D eigenvalue weighted by Gasteiger charge is 2.28. The summed E-state index contributed by atoms with van der Waals surface area (Å²) in [7, 11) is 1.72. The van der Waals surface area contributed by atoms with Gasteiger partial charge in [0.1, 0.15) is 0 Å². The monoisotopic (exact) mass is 335 g/mol. The van der Waals surface area contributed by atoms with Crippen LogP contribution in [0, 0.1) is 5.92 Å². The van der Waals surface area contributed by atoms with Crippen LogP contribution in [0.4, 0.5) is 0 Å². The molecule has 0 unspecified atom stereocenters. The van der Waals surface area contributed by atoms with Gasteiger partial charge in [0.2, 0.25) is 5.91 Å². The molecule has 0 saturated heterocycles. The van der Waals surface area contributed by atoms with Gasteiger partial charge in [-0.25, -0.2) is 0 Å². The van der Waals surface area contributed by atoms with E-state index in [1.807, 2.05) is 6.07 Å². The predicted molar refractivity (Wildman–Crippen MR) is 93.8 cm³/mol. The number of guanidine groups is 1. The number of nitrogens with zero attached hydrogens (tertiary/aromatic N) is 2. The molecular formula is C17H29N5O2. The average molecular weight is 335 g/mol. The van der Waals surface area contributed by atoms with Crippen molar-refractivity contribution in [3.8, 4) is 0 Å². The summed E-state index contributed by atoms with van der Waals surface area (Å²) in [5, 5.41) is 13.4. The number of rotatable bonds is 9. The van der Waals surface area contributed by atoms with Gasteiger partial charge < -0.3 is 20.5 Å². The molecule has 1 heterocycles. The number of hydrogen-bond donors (Lipinski definition) is 3. The van der Waals surface area contributed by atoms with E-state index in [0.29, 0.717) is 31.5 Å². The van der Waals surface area contributed by atoms with Crippen LogP contribution in [0.5, 0.6) is 0 Å². The molecule has 1 aliphatic carbocycles. The first-order chi connectivity index (χ1) is 11.7. The number of nitrogens with one attached hydrogen (secondary N) is 3. The van der Waals surface area contributed by atoms with E-state index in [2.05, 4.69) is 39.9 Å². The van der Waals surface area contributed by atoms with E-state index in [9.17, 15) is 4.79 Å². The molecule has 0 bridgehead atoms. The Hall–Kier alpha value is -2.05. The van der Waals surface area contributed by atoms with E-state index < -0.39 is 0 Å². The van der Waals surface area contributed by atoms with Crippen LogP contribution >= 0.6 is 0 Å². The Morgan fingerprint density at radius 2 is 2.00 bits per heavy atom. The third-order valence-corrected chi connectivity index (χ3v) is 4.30.